The minimum atomic E-state index is -1.15. The number of aliphatic hydroxyl groups is 3. The molecule has 1 saturated heterocycles. The maximum Gasteiger partial charge on any atom is 0.166 e. The lowest BCUT2D eigenvalue weighted by atomic mass is 10.1. The molecule has 0 unspecified atom stereocenters. The first kappa shape index (κ1) is 16.2. The maximum atomic E-state index is 10.2. The molecule has 1 saturated carbocycles. The van der Waals surface area contributed by atoms with Crippen LogP contribution in [0.3, 0.4) is 0 Å². The summed E-state index contributed by atoms with van der Waals surface area (Å²) in [6.45, 7) is -0.362. The Labute approximate surface area is 142 Å². The summed E-state index contributed by atoms with van der Waals surface area (Å²) >= 11 is 1.72. The molecule has 2 aromatic rings. The molecule has 0 aromatic carbocycles. The van der Waals surface area contributed by atoms with Crippen LogP contribution in [0, 0.1) is 0 Å². The van der Waals surface area contributed by atoms with Crippen LogP contribution < -0.4 is 0 Å². The predicted octanol–water partition coefficient (Wildman–Crippen LogP) is 0.472. The normalized spacial score (nSPS) is 31.3. The Morgan fingerprint density at radius 1 is 1.17 bits per heavy atom. The van der Waals surface area contributed by atoms with Crippen LogP contribution in [0.2, 0.25) is 0 Å². The minimum Gasteiger partial charge on any atom is -0.394 e. The van der Waals surface area contributed by atoms with Gasteiger partial charge >= 0.3 is 0 Å². The molecule has 4 rings (SSSR count). The highest BCUT2D eigenvalue weighted by Gasteiger charge is 2.44. The van der Waals surface area contributed by atoms with Crippen LogP contribution in [-0.4, -0.2) is 65.0 Å². The lowest BCUT2D eigenvalue weighted by Gasteiger charge is -2.16. The third-order valence-corrected chi connectivity index (χ3v) is 6.02. The molecule has 1 aliphatic carbocycles. The summed E-state index contributed by atoms with van der Waals surface area (Å²) in [5.41, 5.74) is 1.23. The van der Waals surface area contributed by atoms with E-state index in [1.807, 2.05) is 0 Å². The number of fused-ring (bicyclic) bond motifs is 1. The molecule has 1 aliphatic heterocycles. The average Bonchev–Trinajstić information content (AvgIpc) is 3.30. The van der Waals surface area contributed by atoms with Crippen molar-refractivity contribution in [2.24, 2.45) is 0 Å². The molecule has 8 nitrogen and oxygen atoms in total. The molecule has 4 atom stereocenters. The van der Waals surface area contributed by atoms with Crippen molar-refractivity contribution >= 4 is 22.9 Å². The fourth-order valence-electron chi connectivity index (χ4n) is 3.38. The van der Waals surface area contributed by atoms with Crippen molar-refractivity contribution in [3.05, 3.63) is 12.7 Å². The molecule has 130 valence electrons. The summed E-state index contributed by atoms with van der Waals surface area (Å²) in [5, 5.41) is 30.8. The number of hydrogen-bond acceptors (Lipinski definition) is 8. The van der Waals surface area contributed by atoms with Gasteiger partial charge in [-0.1, -0.05) is 12.8 Å². The number of ether oxygens (including phenoxy) is 1. The van der Waals surface area contributed by atoms with Crippen molar-refractivity contribution in [2.45, 2.75) is 60.5 Å². The van der Waals surface area contributed by atoms with Gasteiger partial charge in [0, 0.05) is 5.25 Å². The molecular weight excluding hydrogens is 332 g/mol. The molecule has 0 bridgehead atoms. The largest absolute Gasteiger partial charge is 0.394 e. The van der Waals surface area contributed by atoms with Crippen LogP contribution in [0.4, 0.5) is 0 Å². The van der Waals surface area contributed by atoms with Gasteiger partial charge in [-0.05, 0) is 12.8 Å². The zero-order valence-electron chi connectivity index (χ0n) is 13.0. The highest BCUT2D eigenvalue weighted by atomic mass is 32.2. The van der Waals surface area contributed by atoms with Crippen LogP contribution in [-0.2, 0) is 4.74 Å². The van der Waals surface area contributed by atoms with E-state index in [4.69, 9.17) is 4.74 Å². The van der Waals surface area contributed by atoms with Gasteiger partial charge in [0.2, 0.25) is 0 Å². The molecule has 3 heterocycles. The van der Waals surface area contributed by atoms with Crippen LogP contribution in [0.1, 0.15) is 31.9 Å². The van der Waals surface area contributed by atoms with E-state index >= 15 is 0 Å². The van der Waals surface area contributed by atoms with Gasteiger partial charge in [-0.25, -0.2) is 15.0 Å². The van der Waals surface area contributed by atoms with Gasteiger partial charge in [0.1, 0.15) is 35.2 Å². The fourth-order valence-corrected chi connectivity index (χ4v) is 4.63. The molecule has 2 aliphatic rings. The van der Waals surface area contributed by atoms with E-state index in [1.165, 1.54) is 32.0 Å². The first-order valence-corrected chi connectivity index (χ1v) is 9.03. The van der Waals surface area contributed by atoms with Crippen LogP contribution in [0.15, 0.2) is 17.7 Å². The highest BCUT2D eigenvalue weighted by molar-refractivity contribution is 8.00. The topological polar surface area (TPSA) is 114 Å². The Bertz CT molecular complexity index is 721. The zero-order chi connectivity index (χ0) is 16.7. The highest BCUT2D eigenvalue weighted by Crippen LogP contribution is 2.37. The predicted molar refractivity (Wildman–Crippen MR) is 86.4 cm³/mol. The molecule has 0 spiro atoms. The minimum absolute atomic E-state index is 0.362. The first-order valence-electron chi connectivity index (χ1n) is 8.15. The van der Waals surface area contributed by atoms with E-state index in [9.17, 15) is 15.3 Å². The Morgan fingerprint density at radius 3 is 2.67 bits per heavy atom. The fraction of sp³-hybridized carbons (Fsp3) is 0.667. The van der Waals surface area contributed by atoms with Gasteiger partial charge in [0.25, 0.3) is 0 Å². The standard InChI is InChI=1S/C15H20N4O4S/c20-5-9-11(21)12(22)15(23-9)19-7-18-10-13(19)16-6-17-14(10)24-8-3-1-2-4-8/h6-9,11-12,15,20-22H,1-5H2/t9-,11-,12-,15-/m1/s1. The molecule has 3 N–H and O–H groups in total. The van der Waals surface area contributed by atoms with Gasteiger partial charge in [-0.15, -0.1) is 11.8 Å². The van der Waals surface area contributed by atoms with Crippen molar-refractivity contribution in [1.29, 1.82) is 0 Å². The summed E-state index contributed by atoms with van der Waals surface area (Å²) < 4.78 is 7.16. The van der Waals surface area contributed by atoms with Gasteiger partial charge in [-0.3, -0.25) is 4.57 Å². The summed E-state index contributed by atoms with van der Waals surface area (Å²) in [6, 6.07) is 0. The number of aromatic nitrogens is 4. The van der Waals surface area contributed by atoms with E-state index in [2.05, 4.69) is 15.0 Å². The van der Waals surface area contributed by atoms with E-state index < -0.39 is 24.5 Å². The zero-order valence-corrected chi connectivity index (χ0v) is 13.8. The van der Waals surface area contributed by atoms with Crippen molar-refractivity contribution in [1.82, 2.24) is 19.5 Å². The number of nitrogens with zero attached hydrogens (tertiary/aromatic N) is 4. The van der Waals surface area contributed by atoms with E-state index in [0.29, 0.717) is 16.4 Å². The van der Waals surface area contributed by atoms with E-state index in [0.717, 1.165) is 5.03 Å². The van der Waals surface area contributed by atoms with E-state index in [1.54, 1.807) is 22.7 Å². The lowest BCUT2D eigenvalue weighted by Crippen LogP contribution is -2.33. The lowest BCUT2D eigenvalue weighted by molar-refractivity contribution is -0.0511. The van der Waals surface area contributed by atoms with Crippen molar-refractivity contribution in [3.63, 3.8) is 0 Å². The molecule has 0 amide bonds. The number of thioether (sulfide) groups is 1. The number of imidazole rings is 1. The number of hydrogen-bond donors (Lipinski definition) is 3. The maximum absolute atomic E-state index is 10.2. The van der Waals surface area contributed by atoms with Gasteiger partial charge in [0.05, 0.1) is 12.9 Å². The smallest absolute Gasteiger partial charge is 0.166 e. The van der Waals surface area contributed by atoms with Crippen LogP contribution >= 0.6 is 11.8 Å². The van der Waals surface area contributed by atoms with E-state index in [-0.39, 0.29) is 6.61 Å². The summed E-state index contributed by atoms with van der Waals surface area (Å²) in [6.07, 6.45) is 3.95. The quantitative estimate of drug-likeness (QED) is 0.681. The Balaban J connectivity index is 1.65. The van der Waals surface area contributed by atoms with Crippen LogP contribution in [0.25, 0.3) is 11.2 Å². The van der Waals surface area contributed by atoms with Crippen molar-refractivity contribution < 1.29 is 20.1 Å². The molecule has 2 fully saturated rings. The van der Waals surface area contributed by atoms with Gasteiger partial charge in [0.15, 0.2) is 11.9 Å². The van der Waals surface area contributed by atoms with Crippen molar-refractivity contribution in [3.8, 4) is 0 Å². The summed E-state index contributed by atoms with van der Waals surface area (Å²) in [7, 11) is 0. The van der Waals surface area contributed by atoms with Gasteiger partial charge in [-0.2, -0.15) is 0 Å². The molecule has 2 aromatic heterocycles. The third kappa shape index (κ3) is 2.70. The second-order valence-electron chi connectivity index (χ2n) is 6.26. The Morgan fingerprint density at radius 2 is 1.96 bits per heavy atom. The molecule has 9 heteroatoms. The monoisotopic (exact) mass is 352 g/mol. The first-order chi connectivity index (χ1) is 11.7. The number of aliphatic hydroxyl groups excluding tert-OH is 3. The Hall–Kier alpha value is -1.26. The van der Waals surface area contributed by atoms with Crippen LogP contribution in [0.5, 0.6) is 0 Å². The SMILES string of the molecule is OC[C@H]1O[C@@H](n2cnc3c(SC4CCCC4)ncnc32)[C@H](O)[C@@H]1O. The number of rotatable bonds is 4. The second-order valence-corrected chi connectivity index (χ2v) is 7.55. The Kier molecular flexibility index (Phi) is 4.44. The average molecular weight is 352 g/mol. The summed E-state index contributed by atoms with van der Waals surface area (Å²) in [4.78, 5) is 13.0. The second kappa shape index (κ2) is 6.57. The molecule has 24 heavy (non-hydrogen) atoms. The third-order valence-electron chi connectivity index (χ3n) is 4.70. The molecular formula is C15H20N4O4S. The molecule has 0 radical (unpaired) electrons. The van der Waals surface area contributed by atoms with Crippen molar-refractivity contribution in [2.75, 3.05) is 6.61 Å². The summed E-state index contributed by atoms with van der Waals surface area (Å²) in [5.74, 6) is 0. The van der Waals surface area contributed by atoms with Gasteiger partial charge < -0.3 is 20.1 Å².